The second kappa shape index (κ2) is 8.33. The zero-order valence-electron chi connectivity index (χ0n) is 14.8. The summed E-state index contributed by atoms with van der Waals surface area (Å²) in [6.45, 7) is 6.07. The van der Waals surface area contributed by atoms with Gasteiger partial charge in [0.15, 0.2) is 4.34 Å². The van der Waals surface area contributed by atoms with Gasteiger partial charge in [0, 0.05) is 17.8 Å². The van der Waals surface area contributed by atoms with Gasteiger partial charge in [-0.25, -0.2) is 4.68 Å². The summed E-state index contributed by atoms with van der Waals surface area (Å²) in [5, 5.41) is 19.2. The highest BCUT2D eigenvalue weighted by molar-refractivity contribution is 8.01. The average Bonchev–Trinajstić information content (AvgIpc) is 3.24. The molecule has 0 saturated heterocycles. The minimum atomic E-state index is -0.0966. The highest BCUT2D eigenvalue weighted by Crippen LogP contribution is 2.27. The van der Waals surface area contributed by atoms with Crippen LogP contribution in [0.4, 0.5) is 16.6 Å². The van der Waals surface area contributed by atoms with Gasteiger partial charge in [-0.2, -0.15) is 5.10 Å². The van der Waals surface area contributed by atoms with Crippen molar-refractivity contribution in [3.8, 4) is 0 Å². The maximum absolute atomic E-state index is 12.2. The summed E-state index contributed by atoms with van der Waals surface area (Å²) < 4.78 is 2.52. The first-order chi connectivity index (χ1) is 12.5. The van der Waals surface area contributed by atoms with Gasteiger partial charge in [0.25, 0.3) is 0 Å². The Morgan fingerprint density at radius 1 is 1.23 bits per heavy atom. The summed E-state index contributed by atoms with van der Waals surface area (Å²) in [7, 11) is 0. The molecule has 0 unspecified atom stereocenters. The Labute approximate surface area is 160 Å². The molecule has 0 bridgehead atoms. The molecule has 0 aliphatic carbocycles. The summed E-state index contributed by atoms with van der Waals surface area (Å²) in [4.78, 5) is 12.2. The van der Waals surface area contributed by atoms with E-state index in [9.17, 15) is 4.79 Å². The molecular weight excluding hydrogens is 368 g/mol. The van der Waals surface area contributed by atoms with Crippen molar-refractivity contribution in [3.63, 3.8) is 0 Å². The normalized spacial score (nSPS) is 10.9. The molecule has 0 aliphatic heterocycles. The molecule has 1 aromatic carbocycles. The molecule has 0 atom stereocenters. The average molecular weight is 389 g/mol. The van der Waals surface area contributed by atoms with Crippen LogP contribution >= 0.6 is 23.1 Å². The molecule has 0 radical (unpaired) electrons. The van der Waals surface area contributed by atoms with Crippen LogP contribution in [0.15, 0.2) is 40.9 Å². The maximum atomic E-state index is 12.2. The lowest BCUT2D eigenvalue weighted by Crippen LogP contribution is -2.18. The van der Waals surface area contributed by atoms with Crippen LogP contribution in [0.25, 0.3) is 0 Å². The first-order valence-electron chi connectivity index (χ1n) is 8.14. The van der Waals surface area contributed by atoms with Gasteiger partial charge >= 0.3 is 0 Å². The van der Waals surface area contributed by atoms with Crippen molar-refractivity contribution >= 4 is 45.6 Å². The van der Waals surface area contributed by atoms with Gasteiger partial charge in [-0.05, 0) is 32.9 Å². The molecule has 0 fully saturated rings. The number of thioether (sulfide) groups is 1. The number of anilines is 3. The number of rotatable bonds is 7. The molecule has 2 N–H and O–H groups in total. The van der Waals surface area contributed by atoms with Crippen molar-refractivity contribution in [3.05, 3.63) is 42.1 Å². The standard InChI is InChI=1S/C17H20N6OS2/c1-11(2)23-14(8-9-18-23)20-15(24)10-25-17-22-21-16(26-17)19-13-6-4-12(3)5-7-13/h4-9,11H,10H2,1-3H3,(H,19,21)(H,20,24). The zero-order chi connectivity index (χ0) is 18.5. The Hall–Kier alpha value is -2.39. The molecular formula is C17H20N6OS2. The predicted octanol–water partition coefficient (Wildman–Crippen LogP) is 4.10. The number of carbonyl (C=O) groups is 1. The van der Waals surface area contributed by atoms with Crippen molar-refractivity contribution in [1.29, 1.82) is 0 Å². The fraction of sp³-hybridized carbons (Fsp3) is 0.294. The number of nitrogens with zero attached hydrogens (tertiary/aromatic N) is 4. The van der Waals surface area contributed by atoms with Crippen LogP contribution < -0.4 is 10.6 Å². The molecule has 1 amide bonds. The van der Waals surface area contributed by atoms with E-state index in [1.54, 1.807) is 16.9 Å². The van der Waals surface area contributed by atoms with E-state index in [4.69, 9.17) is 0 Å². The summed E-state index contributed by atoms with van der Waals surface area (Å²) in [5.41, 5.74) is 2.16. The molecule has 2 heterocycles. The molecule has 26 heavy (non-hydrogen) atoms. The van der Waals surface area contributed by atoms with E-state index in [0.717, 1.165) is 10.0 Å². The van der Waals surface area contributed by atoms with Gasteiger partial charge in [-0.15, -0.1) is 10.2 Å². The van der Waals surface area contributed by atoms with Gasteiger partial charge in [0.05, 0.1) is 11.9 Å². The van der Waals surface area contributed by atoms with Crippen molar-refractivity contribution < 1.29 is 4.79 Å². The third kappa shape index (κ3) is 4.83. The smallest absolute Gasteiger partial charge is 0.235 e. The van der Waals surface area contributed by atoms with E-state index in [0.29, 0.717) is 10.9 Å². The molecule has 0 aliphatic rings. The van der Waals surface area contributed by atoms with Gasteiger partial charge < -0.3 is 10.6 Å². The van der Waals surface area contributed by atoms with E-state index < -0.39 is 0 Å². The Bertz CT molecular complexity index is 872. The molecule has 2 aromatic heterocycles. The van der Waals surface area contributed by atoms with Gasteiger partial charge in [-0.3, -0.25) is 4.79 Å². The number of aromatic nitrogens is 4. The Morgan fingerprint density at radius 3 is 2.73 bits per heavy atom. The number of amides is 1. The van der Waals surface area contributed by atoms with Crippen LogP contribution in [-0.4, -0.2) is 31.6 Å². The van der Waals surface area contributed by atoms with Crippen molar-refractivity contribution in [1.82, 2.24) is 20.0 Å². The zero-order valence-corrected chi connectivity index (χ0v) is 16.4. The molecule has 7 nitrogen and oxygen atoms in total. The summed E-state index contributed by atoms with van der Waals surface area (Å²) >= 11 is 2.78. The quantitative estimate of drug-likeness (QED) is 0.593. The largest absolute Gasteiger partial charge is 0.330 e. The summed E-state index contributed by atoms with van der Waals surface area (Å²) in [5.74, 6) is 0.868. The highest BCUT2D eigenvalue weighted by Gasteiger charge is 2.12. The second-order valence-electron chi connectivity index (χ2n) is 5.96. The third-order valence-electron chi connectivity index (χ3n) is 3.46. The van der Waals surface area contributed by atoms with E-state index in [1.165, 1.54) is 28.7 Å². The van der Waals surface area contributed by atoms with E-state index >= 15 is 0 Å². The molecule has 3 aromatic rings. The lowest BCUT2D eigenvalue weighted by molar-refractivity contribution is -0.113. The first-order valence-corrected chi connectivity index (χ1v) is 9.95. The minimum Gasteiger partial charge on any atom is -0.330 e. The number of carbonyl (C=O) groups excluding carboxylic acids is 1. The lowest BCUT2D eigenvalue weighted by atomic mass is 10.2. The molecule has 0 saturated carbocycles. The van der Waals surface area contributed by atoms with Gasteiger partial charge in [-0.1, -0.05) is 40.8 Å². The monoisotopic (exact) mass is 388 g/mol. The Morgan fingerprint density at radius 2 is 2.00 bits per heavy atom. The van der Waals surface area contributed by atoms with Crippen molar-refractivity contribution in [2.75, 3.05) is 16.4 Å². The number of benzene rings is 1. The van der Waals surface area contributed by atoms with Crippen LogP contribution in [0.5, 0.6) is 0 Å². The fourth-order valence-corrected chi connectivity index (χ4v) is 3.78. The molecule has 0 spiro atoms. The summed E-state index contributed by atoms with van der Waals surface area (Å²) in [6, 6.07) is 10.0. The molecule has 136 valence electrons. The molecule has 9 heteroatoms. The van der Waals surface area contributed by atoms with E-state index in [-0.39, 0.29) is 17.7 Å². The van der Waals surface area contributed by atoms with E-state index in [1.807, 2.05) is 45.0 Å². The van der Waals surface area contributed by atoms with Crippen LogP contribution in [0.3, 0.4) is 0 Å². The number of hydrogen-bond acceptors (Lipinski definition) is 7. The number of aryl methyl sites for hydroxylation is 1. The maximum Gasteiger partial charge on any atom is 0.235 e. The van der Waals surface area contributed by atoms with Gasteiger partial charge in [0.1, 0.15) is 5.82 Å². The SMILES string of the molecule is Cc1ccc(Nc2nnc(SCC(=O)Nc3ccnn3C(C)C)s2)cc1. The van der Waals surface area contributed by atoms with Crippen LogP contribution in [-0.2, 0) is 4.79 Å². The Balaban J connectivity index is 1.52. The third-order valence-corrected chi connectivity index (χ3v) is 5.43. The first kappa shape index (κ1) is 18.4. The van der Waals surface area contributed by atoms with Gasteiger partial charge in [0.2, 0.25) is 11.0 Å². The van der Waals surface area contributed by atoms with Crippen molar-refractivity contribution in [2.45, 2.75) is 31.2 Å². The fourth-order valence-electron chi connectivity index (χ4n) is 2.21. The lowest BCUT2D eigenvalue weighted by Gasteiger charge is -2.11. The highest BCUT2D eigenvalue weighted by atomic mass is 32.2. The Kier molecular flexibility index (Phi) is 5.89. The predicted molar refractivity (Wildman–Crippen MR) is 106 cm³/mol. The topological polar surface area (TPSA) is 84.7 Å². The summed E-state index contributed by atoms with van der Waals surface area (Å²) in [6.07, 6.45) is 1.68. The van der Waals surface area contributed by atoms with Crippen LogP contribution in [0.2, 0.25) is 0 Å². The minimum absolute atomic E-state index is 0.0966. The van der Waals surface area contributed by atoms with Crippen LogP contribution in [0, 0.1) is 6.92 Å². The van der Waals surface area contributed by atoms with Crippen molar-refractivity contribution in [2.24, 2.45) is 0 Å². The molecule has 3 rings (SSSR count). The number of nitrogens with one attached hydrogen (secondary N) is 2. The second-order valence-corrected chi connectivity index (χ2v) is 8.16. The van der Waals surface area contributed by atoms with E-state index in [2.05, 4.69) is 25.9 Å². The number of hydrogen-bond donors (Lipinski definition) is 2. The van der Waals surface area contributed by atoms with Crippen LogP contribution in [0.1, 0.15) is 25.5 Å².